The second-order valence-corrected chi connectivity index (χ2v) is 2.88. The van der Waals surface area contributed by atoms with Gasteiger partial charge in [-0.15, -0.1) is 0 Å². The lowest BCUT2D eigenvalue weighted by atomic mass is 10.2. The van der Waals surface area contributed by atoms with Crippen LogP contribution in [0, 0.1) is 5.92 Å². The molecular formula is C9H19N. The Labute approximate surface area is 64.5 Å². The van der Waals surface area contributed by atoms with E-state index < -0.39 is 0 Å². The molecule has 0 aliphatic heterocycles. The van der Waals surface area contributed by atoms with Crippen LogP contribution in [0.3, 0.4) is 0 Å². The van der Waals surface area contributed by atoms with Crippen molar-refractivity contribution >= 4 is 0 Å². The van der Waals surface area contributed by atoms with Gasteiger partial charge in [0.15, 0.2) is 0 Å². The van der Waals surface area contributed by atoms with Gasteiger partial charge in [0.05, 0.1) is 0 Å². The predicted octanol–water partition coefficient (Wildman–Crippen LogP) is 2.20. The van der Waals surface area contributed by atoms with Crippen LogP contribution in [0.4, 0.5) is 0 Å². The summed E-state index contributed by atoms with van der Waals surface area (Å²) in [6, 6.07) is 0. The van der Waals surface area contributed by atoms with Crippen molar-refractivity contribution in [1.29, 1.82) is 0 Å². The third kappa shape index (κ3) is 7.70. The Morgan fingerprint density at radius 3 is 2.60 bits per heavy atom. The maximum absolute atomic E-state index is 3.30. The minimum absolute atomic E-state index is 0.684. The highest BCUT2D eigenvalue weighted by atomic mass is 14.8. The summed E-state index contributed by atoms with van der Waals surface area (Å²) in [4.78, 5) is 0. The van der Waals surface area contributed by atoms with Crippen LogP contribution in [-0.4, -0.2) is 13.1 Å². The molecule has 60 valence electrons. The standard InChI is InChI=1S/C9H19N/c1-4-7-10-8-5-6-9(2)3/h5-6,9-10H,4,7-8H2,1-3H3. The lowest BCUT2D eigenvalue weighted by Gasteiger charge is -1.97. The van der Waals surface area contributed by atoms with Crippen LogP contribution < -0.4 is 5.32 Å². The van der Waals surface area contributed by atoms with Gasteiger partial charge in [0, 0.05) is 6.54 Å². The molecule has 0 atom stereocenters. The van der Waals surface area contributed by atoms with Gasteiger partial charge < -0.3 is 5.32 Å². The van der Waals surface area contributed by atoms with Gasteiger partial charge in [-0.25, -0.2) is 0 Å². The number of hydrogen-bond donors (Lipinski definition) is 1. The summed E-state index contributed by atoms with van der Waals surface area (Å²) in [5.74, 6) is 0.684. The Kier molecular flexibility index (Phi) is 6.61. The second-order valence-electron chi connectivity index (χ2n) is 2.88. The molecule has 0 bridgehead atoms. The normalized spacial score (nSPS) is 11.6. The maximum Gasteiger partial charge on any atom is 0.0134 e. The van der Waals surface area contributed by atoms with Crippen LogP contribution in [0.5, 0.6) is 0 Å². The van der Waals surface area contributed by atoms with Gasteiger partial charge in [0.2, 0.25) is 0 Å². The summed E-state index contributed by atoms with van der Waals surface area (Å²) in [6.07, 6.45) is 5.64. The fourth-order valence-electron chi connectivity index (χ4n) is 0.702. The summed E-state index contributed by atoms with van der Waals surface area (Å²) in [6.45, 7) is 8.71. The van der Waals surface area contributed by atoms with Crippen molar-refractivity contribution in [2.45, 2.75) is 27.2 Å². The van der Waals surface area contributed by atoms with Gasteiger partial charge in [-0.2, -0.15) is 0 Å². The Morgan fingerprint density at radius 2 is 2.10 bits per heavy atom. The zero-order chi connectivity index (χ0) is 7.82. The Hall–Kier alpha value is -0.300. The van der Waals surface area contributed by atoms with Crippen molar-refractivity contribution in [1.82, 2.24) is 5.32 Å². The van der Waals surface area contributed by atoms with Crippen molar-refractivity contribution in [3.63, 3.8) is 0 Å². The van der Waals surface area contributed by atoms with E-state index in [9.17, 15) is 0 Å². The third-order valence-electron chi connectivity index (χ3n) is 1.21. The molecular weight excluding hydrogens is 122 g/mol. The van der Waals surface area contributed by atoms with Gasteiger partial charge in [0.25, 0.3) is 0 Å². The van der Waals surface area contributed by atoms with Gasteiger partial charge in [-0.3, -0.25) is 0 Å². The second kappa shape index (κ2) is 6.81. The number of allylic oxidation sites excluding steroid dienone is 1. The van der Waals surface area contributed by atoms with Gasteiger partial charge in [-0.05, 0) is 18.9 Å². The zero-order valence-electron chi connectivity index (χ0n) is 7.35. The molecule has 0 spiro atoms. The van der Waals surface area contributed by atoms with Gasteiger partial charge in [-0.1, -0.05) is 32.9 Å². The smallest absolute Gasteiger partial charge is 0.0134 e. The lowest BCUT2D eigenvalue weighted by Crippen LogP contribution is -2.13. The summed E-state index contributed by atoms with van der Waals surface area (Å²) >= 11 is 0. The fourth-order valence-corrected chi connectivity index (χ4v) is 0.702. The van der Waals surface area contributed by atoms with E-state index in [1.54, 1.807) is 0 Å². The molecule has 0 saturated carbocycles. The van der Waals surface area contributed by atoms with E-state index in [4.69, 9.17) is 0 Å². The highest BCUT2D eigenvalue weighted by molar-refractivity contribution is 4.85. The molecule has 0 saturated heterocycles. The van der Waals surface area contributed by atoms with E-state index >= 15 is 0 Å². The molecule has 0 aromatic heterocycles. The average Bonchev–Trinajstić information content (AvgIpc) is 1.87. The molecule has 0 aromatic carbocycles. The molecule has 1 heteroatoms. The fraction of sp³-hybridized carbons (Fsp3) is 0.778. The first-order valence-corrected chi connectivity index (χ1v) is 4.14. The van der Waals surface area contributed by atoms with Crippen LogP contribution in [-0.2, 0) is 0 Å². The largest absolute Gasteiger partial charge is 0.313 e. The first-order valence-electron chi connectivity index (χ1n) is 4.14. The van der Waals surface area contributed by atoms with Crippen molar-refractivity contribution in [2.24, 2.45) is 5.92 Å². The number of hydrogen-bond acceptors (Lipinski definition) is 1. The molecule has 0 amide bonds. The summed E-state index contributed by atoms with van der Waals surface area (Å²) in [7, 11) is 0. The van der Waals surface area contributed by atoms with E-state index in [0.29, 0.717) is 5.92 Å². The Morgan fingerprint density at radius 1 is 1.40 bits per heavy atom. The van der Waals surface area contributed by atoms with Crippen molar-refractivity contribution < 1.29 is 0 Å². The molecule has 0 radical (unpaired) electrons. The molecule has 0 aliphatic carbocycles. The number of nitrogens with one attached hydrogen (secondary N) is 1. The van der Waals surface area contributed by atoms with Gasteiger partial charge in [0.1, 0.15) is 0 Å². The maximum atomic E-state index is 3.30. The van der Waals surface area contributed by atoms with Crippen LogP contribution in [0.1, 0.15) is 27.2 Å². The SMILES string of the molecule is CCCNCC=CC(C)C. The van der Waals surface area contributed by atoms with E-state index in [2.05, 4.69) is 38.2 Å². The highest BCUT2D eigenvalue weighted by Gasteiger charge is 1.82. The molecule has 0 heterocycles. The topological polar surface area (TPSA) is 12.0 Å². The number of rotatable bonds is 5. The minimum atomic E-state index is 0.684. The predicted molar refractivity (Wildman–Crippen MR) is 47.1 cm³/mol. The molecule has 1 nitrogen and oxygen atoms in total. The zero-order valence-corrected chi connectivity index (χ0v) is 7.35. The van der Waals surface area contributed by atoms with Gasteiger partial charge >= 0.3 is 0 Å². The first kappa shape index (κ1) is 9.70. The van der Waals surface area contributed by atoms with Crippen LogP contribution in [0.2, 0.25) is 0 Å². The quantitative estimate of drug-likeness (QED) is 0.457. The summed E-state index contributed by atoms with van der Waals surface area (Å²) < 4.78 is 0. The van der Waals surface area contributed by atoms with Crippen LogP contribution >= 0.6 is 0 Å². The third-order valence-corrected chi connectivity index (χ3v) is 1.21. The van der Waals surface area contributed by atoms with Crippen molar-refractivity contribution in [3.8, 4) is 0 Å². The van der Waals surface area contributed by atoms with Crippen molar-refractivity contribution in [2.75, 3.05) is 13.1 Å². The molecule has 0 aliphatic rings. The summed E-state index contributed by atoms with van der Waals surface area (Å²) in [5, 5.41) is 3.30. The van der Waals surface area contributed by atoms with E-state index in [1.165, 1.54) is 6.42 Å². The first-order chi connectivity index (χ1) is 4.77. The Balaban J connectivity index is 3.02. The molecule has 0 unspecified atom stereocenters. The Bertz CT molecular complexity index is 84.7. The molecule has 10 heavy (non-hydrogen) atoms. The van der Waals surface area contributed by atoms with Crippen molar-refractivity contribution in [3.05, 3.63) is 12.2 Å². The lowest BCUT2D eigenvalue weighted by molar-refractivity contribution is 0.723. The van der Waals surface area contributed by atoms with Crippen LogP contribution in [0.15, 0.2) is 12.2 Å². The minimum Gasteiger partial charge on any atom is -0.313 e. The average molecular weight is 141 g/mol. The van der Waals surface area contributed by atoms with E-state index in [1.807, 2.05) is 0 Å². The molecule has 0 fully saturated rings. The molecule has 0 rings (SSSR count). The van der Waals surface area contributed by atoms with Crippen LogP contribution in [0.25, 0.3) is 0 Å². The highest BCUT2D eigenvalue weighted by Crippen LogP contribution is 1.91. The molecule has 0 aromatic rings. The van der Waals surface area contributed by atoms with E-state index in [0.717, 1.165) is 13.1 Å². The molecule has 1 N–H and O–H groups in total. The van der Waals surface area contributed by atoms with E-state index in [-0.39, 0.29) is 0 Å². The monoisotopic (exact) mass is 141 g/mol. The summed E-state index contributed by atoms with van der Waals surface area (Å²) in [5.41, 5.74) is 0.